The first-order valence-electron chi connectivity index (χ1n) is 9.68. The predicted molar refractivity (Wildman–Crippen MR) is 108 cm³/mol. The highest BCUT2D eigenvalue weighted by Gasteiger charge is 2.27. The Hall–Kier alpha value is -3.49. The van der Waals surface area contributed by atoms with Crippen LogP contribution in [0.5, 0.6) is 5.75 Å². The SMILES string of the molecule is CCOc1ccc(NC(=O)C2CCCN(c3cc(-n4cncn4)ncn3)C2)cc1. The van der Waals surface area contributed by atoms with E-state index in [2.05, 4.69) is 30.3 Å². The first-order valence-corrected chi connectivity index (χ1v) is 9.68. The molecule has 0 bridgehead atoms. The number of nitrogens with zero attached hydrogens (tertiary/aromatic N) is 6. The van der Waals surface area contributed by atoms with Gasteiger partial charge in [0.2, 0.25) is 5.91 Å². The summed E-state index contributed by atoms with van der Waals surface area (Å²) in [5, 5.41) is 7.11. The van der Waals surface area contributed by atoms with Crippen LogP contribution in [0.15, 0.2) is 49.3 Å². The fourth-order valence-corrected chi connectivity index (χ4v) is 3.41. The zero-order valence-corrected chi connectivity index (χ0v) is 16.2. The van der Waals surface area contributed by atoms with Crippen LogP contribution in [0.25, 0.3) is 5.82 Å². The van der Waals surface area contributed by atoms with Gasteiger partial charge in [0.15, 0.2) is 5.82 Å². The van der Waals surface area contributed by atoms with Gasteiger partial charge in [0.05, 0.1) is 12.5 Å². The third-order valence-corrected chi connectivity index (χ3v) is 4.84. The minimum absolute atomic E-state index is 0.0180. The number of benzene rings is 1. The average molecular weight is 393 g/mol. The van der Waals surface area contributed by atoms with E-state index in [9.17, 15) is 4.79 Å². The fraction of sp³-hybridized carbons (Fsp3) is 0.350. The number of carbonyl (C=O) groups excluding carboxylic acids is 1. The Kier molecular flexibility index (Phi) is 5.64. The smallest absolute Gasteiger partial charge is 0.229 e. The molecule has 1 aromatic carbocycles. The molecule has 29 heavy (non-hydrogen) atoms. The maximum atomic E-state index is 12.8. The van der Waals surface area contributed by atoms with Crippen LogP contribution in [0.4, 0.5) is 11.5 Å². The Bertz CT molecular complexity index is 944. The Balaban J connectivity index is 1.41. The number of ether oxygens (including phenoxy) is 1. The number of aromatic nitrogens is 5. The van der Waals surface area contributed by atoms with Crippen molar-refractivity contribution in [2.45, 2.75) is 19.8 Å². The van der Waals surface area contributed by atoms with E-state index < -0.39 is 0 Å². The topological polar surface area (TPSA) is 98.1 Å². The largest absolute Gasteiger partial charge is 0.494 e. The van der Waals surface area contributed by atoms with Crippen molar-refractivity contribution in [1.29, 1.82) is 0 Å². The molecule has 3 heterocycles. The molecule has 9 nitrogen and oxygen atoms in total. The lowest BCUT2D eigenvalue weighted by molar-refractivity contribution is -0.120. The molecule has 150 valence electrons. The molecule has 1 fully saturated rings. The lowest BCUT2D eigenvalue weighted by atomic mass is 9.97. The van der Waals surface area contributed by atoms with Crippen LogP contribution in [-0.4, -0.2) is 50.3 Å². The summed E-state index contributed by atoms with van der Waals surface area (Å²) in [6.45, 7) is 4.01. The van der Waals surface area contributed by atoms with Crippen LogP contribution in [0, 0.1) is 5.92 Å². The van der Waals surface area contributed by atoms with Gasteiger partial charge in [-0.2, -0.15) is 5.10 Å². The lowest BCUT2D eigenvalue weighted by Crippen LogP contribution is -2.41. The predicted octanol–water partition coefficient (Wildman–Crippen LogP) is 2.31. The molecular weight excluding hydrogens is 370 g/mol. The van der Waals surface area contributed by atoms with E-state index >= 15 is 0 Å². The van der Waals surface area contributed by atoms with Gasteiger partial charge >= 0.3 is 0 Å². The van der Waals surface area contributed by atoms with Crippen LogP contribution >= 0.6 is 0 Å². The van der Waals surface area contributed by atoms with Crippen molar-refractivity contribution in [3.63, 3.8) is 0 Å². The fourth-order valence-electron chi connectivity index (χ4n) is 3.41. The van der Waals surface area contributed by atoms with Crippen molar-refractivity contribution in [3.05, 3.63) is 49.3 Å². The third-order valence-electron chi connectivity index (χ3n) is 4.84. The average Bonchev–Trinajstić information content (AvgIpc) is 3.31. The number of carbonyl (C=O) groups is 1. The standard InChI is InChI=1S/C20H23N7O2/c1-2-29-17-7-5-16(6-8-17)25-20(28)15-4-3-9-26(11-15)18-10-19(23-13-22-18)27-14-21-12-24-27/h5-8,10,12-15H,2-4,9,11H2,1H3,(H,25,28). The van der Waals surface area contributed by atoms with Crippen LogP contribution in [0.1, 0.15) is 19.8 Å². The summed E-state index contributed by atoms with van der Waals surface area (Å²) in [6.07, 6.45) is 6.33. The molecule has 1 amide bonds. The van der Waals surface area contributed by atoms with E-state index in [0.717, 1.165) is 36.6 Å². The molecule has 1 N–H and O–H groups in total. The highest BCUT2D eigenvalue weighted by Crippen LogP contribution is 2.24. The Labute approximate surface area is 168 Å². The summed E-state index contributed by atoms with van der Waals surface area (Å²) in [5.74, 6) is 2.13. The van der Waals surface area contributed by atoms with Gasteiger partial charge in [-0.1, -0.05) is 0 Å². The number of amides is 1. The number of nitrogens with one attached hydrogen (secondary N) is 1. The van der Waals surface area contributed by atoms with Crippen LogP contribution in [-0.2, 0) is 4.79 Å². The molecule has 0 aliphatic carbocycles. The minimum atomic E-state index is -0.111. The van der Waals surface area contributed by atoms with E-state index in [1.54, 1.807) is 11.0 Å². The summed E-state index contributed by atoms with van der Waals surface area (Å²) in [7, 11) is 0. The molecule has 0 saturated carbocycles. The zero-order valence-electron chi connectivity index (χ0n) is 16.2. The second-order valence-corrected chi connectivity index (χ2v) is 6.81. The van der Waals surface area contributed by atoms with Crippen molar-refractivity contribution in [2.75, 3.05) is 29.9 Å². The molecule has 1 saturated heterocycles. The Morgan fingerprint density at radius 2 is 2.03 bits per heavy atom. The van der Waals surface area contributed by atoms with E-state index in [4.69, 9.17) is 4.74 Å². The molecule has 2 aromatic heterocycles. The van der Waals surface area contributed by atoms with Crippen molar-refractivity contribution in [2.24, 2.45) is 5.92 Å². The molecule has 0 spiro atoms. The van der Waals surface area contributed by atoms with Crippen molar-refractivity contribution >= 4 is 17.4 Å². The molecule has 9 heteroatoms. The Morgan fingerprint density at radius 1 is 1.21 bits per heavy atom. The van der Waals surface area contributed by atoms with E-state index in [1.165, 1.54) is 12.7 Å². The minimum Gasteiger partial charge on any atom is -0.494 e. The summed E-state index contributed by atoms with van der Waals surface area (Å²) in [6, 6.07) is 9.30. The molecule has 1 unspecified atom stereocenters. The van der Waals surface area contributed by atoms with Gasteiger partial charge in [0.1, 0.15) is 30.5 Å². The van der Waals surface area contributed by atoms with Gasteiger partial charge in [-0.15, -0.1) is 0 Å². The normalized spacial score (nSPS) is 16.4. The molecule has 0 radical (unpaired) electrons. The van der Waals surface area contributed by atoms with E-state index in [-0.39, 0.29) is 11.8 Å². The van der Waals surface area contributed by atoms with Crippen molar-refractivity contribution in [3.8, 4) is 11.6 Å². The molecule has 4 rings (SSSR count). The van der Waals surface area contributed by atoms with Crippen molar-refractivity contribution < 1.29 is 9.53 Å². The monoisotopic (exact) mass is 393 g/mol. The van der Waals surface area contributed by atoms with E-state index in [0.29, 0.717) is 19.0 Å². The van der Waals surface area contributed by atoms with Crippen molar-refractivity contribution in [1.82, 2.24) is 24.7 Å². The molecule has 3 aromatic rings. The maximum Gasteiger partial charge on any atom is 0.229 e. The van der Waals surface area contributed by atoms with Gasteiger partial charge in [-0.05, 0) is 44.0 Å². The second-order valence-electron chi connectivity index (χ2n) is 6.81. The van der Waals surface area contributed by atoms with Crippen LogP contribution < -0.4 is 15.0 Å². The molecular formula is C20H23N7O2. The lowest BCUT2D eigenvalue weighted by Gasteiger charge is -2.32. The summed E-state index contributed by atoms with van der Waals surface area (Å²) in [4.78, 5) is 27.5. The van der Waals surface area contributed by atoms with Crippen LogP contribution in [0.2, 0.25) is 0 Å². The quantitative estimate of drug-likeness (QED) is 0.686. The highest BCUT2D eigenvalue weighted by atomic mass is 16.5. The molecule has 1 atom stereocenters. The van der Waals surface area contributed by atoms with Crippen LogP contribution in [0.3, 0.4) is 0 Å². The van der Waals surface area contributed by atoms with E-state index in [1.807, 2.05) is 37.3 Å². The van der Waals surface area contributed by atoms with Gasteiger partial charge in [0, 0.05) is 24.8 Å². The first kappa shape index (κ1) is 18.9. The summed E-state index contributed by atoms with van der Waals surface area (Å²) < 4.78 is 7.03. The van der Waals surface area contributed by atoms with Gasteiger partial charge in [0.25, 0.3) is 0 Å². The van der Waals surface area contributed by atoms with Gasteiger partial charge < -0.3 is 15.0 Å². The number of hydrogen-bond acceptors (Lipinski definition) is 7. The number of piperidine rings is 1. The molecule has 1 aliphatic rings. The number of anilines is 2. The van der Waals surface area contributed by atoms with Gasteiger partial charge in [-0.3, -0.25) is 4.79 Å². The second kappa shape index (κ2) is 8.68. The summed E-state index contributed by atoms with van der Waals surface area (Å²) in [5.41, 5.74) is 0.770. The zero-order chi connectivity index (χ0) is 20.1. The molecule has 1 aliphatic heterocycles. The Morgan fingerprint density at radius 3 is 2.79 bits per heavy atom. The number of rotatable bonds is 6. The third kappa shape index (κ3) is 4.50. The summed E-state index contributed by atoms with van der Waals surface area (Å²) >= 11 is 0. The first-order chi connectivity index (χ1) is 14.2. The number of hydrogen-bond donors (Lipinski definition) is 1. The van der Waals surface area contributed by atoms with Gasteiger partial charge in [-0.25, -0.2) is 19.6 Å². The highest BCUT2D eigenvalue weighted by molar-refractivity contribution is 5.93. The maximum absolute atomic E-state index is 12.8.